The molecule has 8 heteroatoms. The Balaban J connectivity index is 0.000000469. The minimum absolute atomic E-state index is 0.115. The van der Waals surface area contributed by atoms with Crippen LogP contribution in [0.4, 0.5) is 4.79 Å². The third-order valence-electron chi connectivity index (χ3n) is 4.41. The molecule has 0 atom stereocenters. The lowest BCUT2D eigenvalue weighted by Gasteiger charge is -2.13. The lowest BCUT2D eigenvalue weighted by atomic mass is 10.0. The second kappa shape index (κ2) is 10.1. The highest BCUT2D eigenvalue weighted by molar-refractivity contribution is 6.61. The number of para-hydroxylation sites is 1. The van der Waals surface area contributed by atoms with Crippen molar-refractivity contribution < 1.29 is 24.5 Å². The molecule has 30 heavy (non-hydrogen) atoms. The average molecular weight is 433 g/mol. The molecule has 160 valence electrons. The molecule has 0 spiro atoms. The number of carboxylic acids is 1. The number of rotatable bonds is 5. The van der Waals surface area contributed by atoms with Crippen molar-refractivity contribution in [3.63, 3.8) is 0 Å². The number of ether oxygens (including phenoxy) is 1. The van der Waals surface area contributed by atoms with Crippen LogP contribution in [0.15, 0.2) is 42.5 Å². The first-order chi connectivity index (χ1) is 14.2. The first kappa shape index (κ1) is 23.3. The van der Waals surface area contributed by atoms with Gasteiger partial charge in [-0.2, -0.15) is 0 Å². The minimum atomic E-state index is -0.988. The molecule has 3 aromatic rings. The fourth-order valence-electron chi connectivity index (χ4n) is 3.32. The van der Waals surface area contributed by atoms with Gasteiger partial charge in [0.05, 0.1) is 17.7 Å². The van der Waals surface area contributed by atoms with Crippen molar-refractivity contribution in [2.45, 2.75) is 20.4 Å². The van der Waals surface area contributed by atoms with E-state index in [9.17, 15) is 19.8 Å². The number of carboxylic acid groups (broad SMARTS) is 1. The lowest BCUT2D eigenvalue weighted by Crippen LogP contribution is -2.11. The largest absolute Gasteiger partial charge is 0.508 e. The number of phenolic OH excluding ortho intramolecular Hbond substituents is 1. The van der Waals surface area contributed by atoms with Crippen LogP contribution in [-0.4, -0.2) is 51.8 Å². The van der Waals surface area contributed by atoms with E-state index >= 15 is 0 Å². The maximum Gasteiger partial charge on any atom is 0.403 e. The Hall–Kier alpha value is -3.03. The normalized spacial score (nSPS) is 10.6. The van der Waals surface area contributed by atoms with Crippen LogP contribution < -0.4 is 0 Å². The molecular weight excluding hydrogens is 408 g/mol. The quantitative estimate of drug-likeness (QED) is 0.563. The molecule has 1 aromatic heterocycles. The Kier molecular flexibility index (Phi) is 7.86. The summed E-state index contributed by atoms with van der Waals surface area (Å²) in [5.41, 5.74) is 2.46. The van der Waals surface area contributed by atoms with Gasteiger partial charge in [0, 0.05) is 40.5 Å². The van der Waals surface area contributed by atoms with Gasteiger partial charge < -0.3 is 24.4 Å². The van der Waals surface area contributed by atoms with Crippen molar-refractivity contribution in [2.24, 2.45) is 0 Å². The van der Waals surface area contributed by atoms with Gasteiger partial charge in [-0.15, -0.1) is 0 Å². The summed E-state index contributed by atoms with van der Waals surface area (Å²) >= 11 is 4.72. The molecular formula is C22H25ClN2O5. The average Bonchev–Trinajstić information content (AvgIpc) is 2.97. The summed E-state index contributed by atoms with van der Waals surface area (Å²) < 4.78 is 6.10. The zero-order valence-corrected chi connectivity index (χ0v) is 18.1. The van der Waals surface area contributed by atoms with E-state index in [0.717, 1.165) is 11.2 Å². The van der Waals surface area contributed by atoms with Crippen LogP contribution in [0.25, 0.3) is 16.6 Å². The molecule has 0 saturated carbocycles. The number of carbonyl (C=O) groups excluding carboxylic acids is 1. The van der Waals surface area contributed by atoms with E-state index in [1.807, 2.05) is 53.9 Å². The van der Waals surface area contributed by atoms with Crippen LogP contribution in [0.2, 0.25) is 0 Å². The molecule has 2 N–H and O–H groups in total. The fourth-order valence-corrected chi connectivity index (χ4v) is 3.43. The van der Waals surface area contributed by atoms with Gasteiger partial charge in [0.15, 0.2) is 0 Å². The number of aromatic nitrogens is 1. The molecule has 0 saturated heterocycles. The second-order valence-electron chi connectivity index (χ2n) is 6.80. The van der Waals surface area contributed by atoms with Gasteiger partial charge in [-0.25, -0.2) is 9.59 Å². The number of aromatic hydroxyl groups is 1. The maximum atomic E-state index is 11.9. The summed E-state index contributed by atoms with van der Waals surface area (Å²) in [7, 11) is 3.78. The maximum absolute atomic E-state index is 11.9. The van der Waals surface area contributed by atoms with E-state index in [1.165, 1.54) is 0 Å². The van der Waals surface area contributed by atoms with Gasteiger partial charge in [-0.05, 0) is 52.2 Å². The number of halogens is 1. The number of nitrogens with zero attached hydrogens (tertiary/aromatic N) is 2. The molecule has 0 aliphatic rings. The van der Waals surface area contributed by atoms with Crippen LogP contribution in [-0.2, 0) is 11.3 Å². The minimum Gasteiger partial charge on any atom is -0.508 e. The summed E-state index contributed by atoms with van der Waals surface area (Å²) in [4.78, 5) is 23.4. The Bertz CT molecular complexity index is 1040. The number of hydrogen-bond donors (Lipinski definition) is 2. The van der Waals surface area contributed by atoms with E-state index in [4.69, 9.17) is 11.6 Å². The number of fused-ring (bicyclic) bond motifs is 1. The fraction of sp³-hybridized carbons (Fsp3) is 0.273. The Morgan fingerprint density at radius 1 is 1.13 bits per heavy atom. The van der Waals surface area contributed by atoms with Crippen molar-refractivity contribution >= 4 is 33.9 Å². The van der Waals surface area contributed by atoms with Gasteiger partial charge in [-0.3, -0.25) is 0 Å². The van der Waals surface area contributed by atoms with Crippen LogP contribution in [0.5, 0.6) is 5.75 Å². The zero-order valence-electron chi connectivity index (χ0n) is 17.3. The first-order valence-electron chi connectivity index (χ1n) is 9.30. The molecule has 0 radical (unpaired) electrons. The highest BCUT2D eigenvalue weighted by Crippen LogP contribution is 2.36. The molecule has 0 aliphatic carbocycles. The molecule has 3 rings (SSSR count). The molecule has 1 heterocycles. The molecule has 0 bridgehead atoms. The van der Waals surface area contributed by atoms with Crippen LogP contribution in [0, 0.1) is 6.92 Å². The molecule has 2 aromatic carbocycles. The van der Waals surface area contributed by atoms with Gasteiger partial charge in [0.2, 0.25) is 0 Å². The molecule has 7 nitrogen and oxygen atoms in total. The van der Waals surface area contributed by atoms with E-state index in [0.29, 0.717) is 29.8 Å². The second-order valence-corrected chi connectivity index (χ2v) is 7.11. The SMILES string of the molecule is CCOC(=O)Cl.Cc1c(C(=O)O)c2c(CN(C)C)c(O)ccc2n1-c1ccccc1. The number of phenols is 1. The summed E-state index contributed by atoms with van der Waals surface area (Å²) in [6.45, 7) is 4.30. The van der Waals surface area contributed by atoms with Gasteiger partial charge in [-0.1, -0.05) is 18.2 Å². The summed E-state index contributed by atoms with van der Waals surface area (Å²) in [5.74, 6) is -0.873. The smallest absolute Gasteiger partial charge is 0.403 e. The van der Waals surface area contributed by atoms with Gasteiger partial charge in [0.25, 0.3) is 0 Å². The molecule has 0 aliphatic heterocycles. The van der Waals surface area contributed by atoms with Crippen molar-refractivity contribution in [2.75, 3.05) is 20.7 Å². The highest BCUT2D eigenvalue weighted by Gasteiger charge is 2.24. The van der Waals surface area contributed by atoms with Crippen LogP contribution >= 0.6 is 11.6 Å². The van der Waals surface area contributed by atoms with E-state index in [2.05, 4.69) is 4.74 Å². The monoisotopic (exact) mass is 432 g/mol. The number of aromatic carboxylic acids is 1. The van der Waals surface area contributed by atoms with Crippen molar-refractivity contribution in [1.29, 1.82) is 0 Å². The van der Waals surface area contributed by atoms with E-state index < -0.39 is 11.4 Å². The Morgan fingerprint density at radius 2 is 1.77 bits per heavy atom. The van der Waals surface area contributed by atoms with Gasteiger partial charge >= 0.3 is 11.4 Å². The predicted molar refractivity (Wildman–Crippen MR) is 117 cm³/mol. The number of hydrogen-bond acceptors (Lipinski definition) is 5. The zero-order chi connectivity index (χ0) is 22.4. The predicted octanol–water partition coefficient (Wildman–Crippen LogP) is 4.79. The Morgan fingerprint density at radius 3 is 2.23 bits per heavy atom. The van der Waals surface area contributed by atoms with E-state index in [-0.39, 0.29) is 11.3 Å². The van der Waals surface area contributed by atoms with Crippen LogP contribution in [0.3, 0.4) is 0 Å². The topological polar surface area (TPSA) is 92.0 Å². The summed E-state index contributed by atoms with van der Waals surface area (Å²) in [6.07, 6.45) is 0. The summed E-state index contributed by atoms with van der Waals surface area (Å²) in [6, 6.07) is 13.0. The van der Waals surface area contributed by atoms with Gasteiger partial charge in [0.1, 0.15) is 5.75 Å². The van der Waals surface area contributed by atoms with E-state index in [1.54, 1.807) is 26.0 Å². The van der Waals surface area contributed by atoms with Crippen molar-refractivity contribution in [3.8, 4) is 11.4 Å². The highest BCUT2D eigenvalue weighted by atomic mass is 35.5. The lowest BCUT2D eigenvalue weighted by molar-refractivity contribution is 0.0698. The molecule has 0 fully saturated rings. The summed E-state index contributed by atoms with van der Waals surface area (Å²) in [5, 5.41) is 20.7. The Labute approximate surface area is 180 Å². The van der Waals surface area contributed by atoms with Crippen molar-refractivity contribution in [3.05, 3.63) is 59.3 Å². The number of carbonyl (C=O) groups is 2. The molecule has 0 unspecified atom stereocenters. The number of benzene rings is 2. The van der Waals surface area contributed by atoms with Crippen molar-refractivity contribution in [1.82, 2.24) is 9.47 Å². The first-order valence-corrected chi connectivity index (χ1v) is 9.68. The third-order valence-corrected chi connectivity index (χ3v) is 4.52. The third kappa shape index (κ3) is 5.11. The standard InChI is InChI=1S/C19H20N2O3.C3H5ClO2/c1-12-17(19(23)24)18-14(11-20(2)3)16(22)10-9-15(18)21(12)13-7-5-4-6-8-13;1-2-6-3(4)5/h4-10,22H,11H2,1-3H3,(H,23,24);2H2,1H3. The van der Waals surface area contributed by atoms with Crippen LogP contribution in [0.1, 0.15) is 28.5 Å². The molecule has 0 amide bonds.